The van der Waals surface area contributed by atoms with Crippen molar-refractivity contribution in [1.82, 2.24) is 4.98 Å². The molecule has 0 aliphatic rings. The minimum Gasteiger partial charge on any atom is -0.378 e. The van der Waals surface area contributed by atoms with E-state index in [4.69, 9.17) is 23.2 Å². The second-order valence-electron chi connectivity index (χ2n) is 6.91. The lowest BCUT2D eigenvalue weighted by molar-refractivity contribution is 0.101. The molecule has 4 aromatic rings. The summed E-state index contributed by atoms with van der Waals surface area (Å²) in [7, 11) is 0. The Balaban J connectivity index is 1.71. The number of nitrogens with one attached hydrogen (secondary N) is 2. The number of carbonyl (C=O) groups excluding carboxylic acids is 1. The van der Waals surface area contributed by atoms with E-state index in [2.05, 4.69) is 21.7 Å². The van der Waals surface area contributed by atoms with Gasteiger partial charge in [-0.1, -0.05) is 53.5 Å². The van der Waals surface area contributed by atoms with Gasteiger partial charge in [-0.05, 0) is 30.3 Å². The van der Waals surface area contributed by atoms with Gasteiger partial charge in [0.25, 0.3) is 0 Å². The van der Waals surface area contributed by atoms with E-state index >= 15 is 0 Å². The maximum atomic E-state index is 13.5. The number of carbonyl (C=O) groups is 1. The highest BCUT2D eigenvalue weighted by molar-refractivity contribution is 6.36. The SMILES string of the molecule is N#Cc1cnc2c(Cl)cc(NCC(=O)c3ccccc3)cc2c1Nc1ccc(F)c(Cl)c1. The van der Waals surface area contributed by atoms with Crippen LogP contribution in [0.2, 0.25) is 10.0 Å². The fourth-order valence-electron chi connectivity index (χ4n) is 3.21. The summed E-state index contributed by atoms with van der Waals surface area (Å²) in [6.07, 6.45) is 1.41. The molecule has 32 heavy (non-hydrogen) atoms. The van der Waals surface area contributed by atoms with Crippen LogP contribution >= 0.6 is 23.2 Å². The topological polar surface area (TPSA) is 77.8 Å². The van der Waals surface area contributed by atoms with Gasteiger partial charge in [0, 0.05) is 28.5 Å². The summed E-state index contributed by atoms with van der Waals surface area (Å²) < 4.78 is 13.5. The molecule has 8 heteroatoms. The minimum atomic E-state index is -0.546. The second-order valence-corrected chi connectivity index (χ2v) is 7.72. The number of rotatable bonds is 6. The first-order valence-corrected chi connectivity index (χ1v) is 10.3. The van der Waals surface area contributed by atoms with Gasteiger partial charge in [0.1, 0.15) is 11.9 Å². The molecule has 0 radical (unpaired) electrons. The Morgan fingerprint density at radius 1 is 1.03 bits per heavy atom. The summed E-state index contributed by atoms with van der Waals surface area (Å²) in [5, 5.41) is 16.6. The Morgan fingerprint density at radius 2 is 1.78 bits per heavy atom. The maximum absolute atomic E-state index is 13.5. The minimum absolute atomic E-state index is 0.0494. The molecule has 2 N–H and O–H groups in total. The highest BCUT2D eigenvalue weighted by Crippen LogP contribution is 2.35. The van der Waals surface area contributed by atoms with Crippen LogP contribution in [0.25, 0.3) is 10.9 Å². The van der Waals surface area contributed by atoms with Crippen molar-refractivity contribution in [3.8, 4) is 6.07 Å². The zero-order valence-electron chi connectivity index (χ0n) is 16.5. The van der Waals surface area contributed by atoms with Crippen molar-refractivity contribution in [2.75, 3.05) is 17.2 Å². The smallest absolute Gasteiger partial charge is 0.181 e. The summed E-state index contributed by atoms with van der Waals surface area (Å²) in [6.45, 7) is 0.0630. The molecule has 0 bridgehead atoms. The number of nitriles is 1. The van der Waals surface area contributed by atoms with Gasteiger partial charge in [-0.2, -0.15) is 5.26 Å². The number of hydrogen-bond donors (Lipinski definition) is 2. The fraction of sp³-hybridized carbons (Fsp3) is 0.0417. The number of Topliss-reactive ketones (excluding diaryl/α,β-unsaturated/α-hetero) is 1. The Labute approximate surface area is 193 Å². The van der Waals surface area contributed by atoms with E-state index in [1.165, 1.54) is 24.4 Å². The van der Waals surface area contributed by atoms with Crippen LogP contribution in [0, 0.1) is 17.1 Å². The number of nitrogens with zero attached hydrogens (tertiary/aromatic N) is 2. The molecular weight excluding hydrogens is 450 g/mol. The van der Waals surface area contributed by atoms with Crippen LogP contribution in [0.4, 0.5) is 21.5 Å². The monoisotopic (exact) mass is 464 g/mol. The van der Waals surface area contributed by atoms with Gasteiger partial charge in [0.2, 0.25) is 0 Å². The van der Waals surface area contributed by atoms with Crippen LogP contribution in [0.3, 0.4) is 0 Å². The van der Waals surface area contributed by atoms with Crippen LogP contribution in [0.5, 0.6) is 0 Å². The van der Waals surface area contributed by atoms with E-state index in [9.17, 15) is 14.4 Å². The third-order valence-corrected chi connectivity index (χ3v) is 5.36. The van der Waals surface area contributed by atoms with Crippen molar-refractivity contribution in [3.63, 3.8) is 0 Å². The molecule has 0 spiro atoms. The van der Waals surface area contributed by atoms with E-state index in [0.717, 1.165) is 0 Å². The van der Waals surface area contributed by atoms with Crippen molar-refractivity contribution >= 4 is 57.0 Å². The first-order valence-electron chi connectivity index (χ1n) is 9.53. The van der Waals surface area contributed by atoms with E-state index in [-0.39, 0.29) is 22.9 Å². The predicted octanol–water partition coefficient (Wildman–Crippen LogP) is 6.59. The molecule has 0 saturated carbocycles. The lowest BCUT2D eigenvalue weighted by atomic mass is 10.1. The summed E-state index contributed by atoms with van der Waals surface area (Å²) in [6, 6.07) is 18.6. The second kappa shape index (κ2) is 9.23. The number of hydrogen-bond acceptors (Lipinski definition) is 5. The Hall–Kier alpha value is -3.66. The number of fused-ring (bicyclic) bond motifs is 1. The third-order valence-electron chi connectivity index (χ3n) is 4.78. The lowest BCUT2D eigenvalue weighted by Crippen LogP contribution is -2.14. The maximum Gasteiger partial charge on any atom is 0.181 e. The average Bonchev–Trinajstić information content (AvgIpc) is 2.81. The molecule has 0 unspecified atom stereocenters. The van der Waals surface area contributed by atoms with Crippen LogP contribution in [0.1, 0.15) is 15.9 Å². The quantitative estimate of drug-likeness (QED) is 0.314. The molecule has 0 atom stereocenters. The Bertz CT molecular complexity index is 1370. The molecule has 0 amide bonds. The molecule has 0 fully saturated rings. The number of aromatic nitrogens is 1. The zero-order chi connectivity index (χ0) is 22.7. The average molecular weight is 465 g/mol. The number of pyridine rings is 1. The third kappa shape index (κ3) is 4.50. The summed E-state index contributed by atoms with van der Waals surface area (Å²) in [5.74, 6) is -0.625. The number of halogens is 3. The summed E-state index contributed by atoms with van der Waals surface area (Å²) >= 11 is 12.3. The highest BCUT2D eigenvalue weighted by atomic mass is 35.5. The first-order chi connectivity index (χ1) is 15.5. The normalized spacial score (nSPS) is 10.6. The van der Waals surface area contributed by atoms with Crippen molar-refractivity contribution in [1.29, 1.82) is 5.26 Å². The summed E-state index contributed by atoms with van der Waals surface area (Å²) in [4.78, 5) is 16.7. The highest BCUT2D eigenvalue weighted by Gasteiger charge is 2.14. The van der Waals surface area contributed by atoms with Crippen LogP contribution in [0.15, 0.2) is 66.9 Å². The molecule has 158 valence electrons. The van der Waals surface area contributed by atoms with Gasteiger partial charge in [-0.15, -0.1) is 0 Å². The van der Waals surface area contributed by atoms with Gasteiger partial charge in [0.15, 0.2) is 5.78 Å². The molecule has 0 saturated heterocycles. The summed E-state index contributed by atoms with van der Waals surface area (Å²) in [5.41, 5.74) is 2.86. The molecule has 4 rings (SSSR count). The van der Waals surface area contributed by atoms with Gasteiger partial charge < -0.3 is 10.6 Å². The van der Waals surface area contributed by atoms with Gasteiger partial charge in [-0.25, -0.2) is 4.39 Å². The van der Waals surface area contributed by atoms with E-state index in [0.29, 0.717) is 38.6 Å². The zero-order valence-corrected chi connectivity index (χ0v) is 18.0. The molecule has 0 aliphatic carbocycles. The van der Waals surface area contributed by atoms with Gasteiger partial charge >= 0.3 is 0 Å². The van der Waals surface area contributed by atoms with E-state index in [1.54, 1.807) is 36.4 Å². The molecule has 5 nitrogen and oxygen atoms in total. The van der Waals surface area contributed by atoms with E-state index in [1.807, 2.05) is 6.07 Å². The Morgan fingerprint density at radius 3 is 2.50 bits per heavy atom. The van der Waals surface area contributed by atoms with Crippen molar-refractivity contribution < 1.29 is 9.18 Å². The standard InChI is InChI=1S/C24H15Cl2FN4O/c25-19-9-16(6-7-21(19)27)31-23-15(11-28)12-30-24-18(23)8-17(10-20(24)26)29-13-22(32)14-4-2-1-3-5-14/h1-10,12,29H,13H2,(H,30,31). The van der Waals surface area contributed by atoms with E-state index < -0.39 is 5.82 Å². The first kappa shape index (κ1) is 21.6. The fourth-order valence-corrected chi connectivity index (χ4v) is 3.66. The molecule has 3 aromatic carbocycles. The van der Waals surface area contributed by atoms with Gasteiger partial charge in [-0.3, -0.25) is 9.78 Å². The number of benzene rings is 3. The number of ketones is 1. The molecule has 1 aromatic heterocycles. The number of anilines is 3. The van der Waals surface area contributed by atoms with Crippen LogP contribution in [-0.4, -0.2) is 17.3 Å². The van der Waals surface area contributed by atoms with Crippen molar-refractivity contribution in [2.45, 2.75) is 0 Å². The van der Waals surface area contributed by atoms with Crippen molar-refractivity contribution in [2.24, 2.45) is 0 Å². The van der Waals surface area contributed by atoms with Crippen molar-refractivity contribution in [3.05, 3.63) is 93.8 Å². The largest absolute Gasteiger partial charge is 0.378 e. The van der Waals surface area contributed by atoms with Crippen LogP contribution in [-0.2, 0) is 0 Å². The van der Waals surface area contributed by atoms with Gasteiger partial charge in [0.05, 0.1) is 33.4 Å². The van der Waals surface area contributed by atoms with Crippen LogP contribution < -0.4 is 10.6 Å². The Kier molecular flexibility index (Phi) is 6.22. The molecular formula is C24H15Cl2FN4O. The molecule has 1 heterocycles. The predicted molar refractivity (Wildman–Crippen MR) is 125 cm³/mol. The molecule has 0 aliphatic heterocycles. The lowest BCUT2D eigenvalue weighted by Gasteiger charge is -2.14.